The molecule has 2 aromatic carbocycles. The Kier molecular flexibility index (Phi) is 3.24. The van der Waals surface area contributed by atoms with Crippen molar-refractivity contribution >= 4 is 12.2 Å². The zero-order valence-corrected chi connectivity index (χ0v) is 12.2. The number of rotatable bonds is 2. The van der Waals surface area contributed by atoms with Crippen LogP contribution in [0.15, 0.2) is 48.5 Å². The maximum absolute atomic E-state index is 5.37. The summed E-state index contributed by atoms with van der Waals surface area (Å²) in [6.45, 7) is 4.14. The second-order valence-corrected chi connectivity index (χ2v) is 5.28. The highest BCUT2D eigenvalue weighted by molar-refractivity contribution is 7.71. The van der Waals surface area contributed by atoms with Gasteiger partial charge in [0.1, 0.15) is 0 Å². The number of aryl methyl sites for hydroxylation is 2. The van der Waals surface area contributed by atoms with Crippen LogP contribution in [0.25, 0.3) is 17.1 Å². The van der Waals surface area contributed by atoms with Crippen LogP contribution in [0.5, 0.6) is 0 Å². The van der Waals surface area contributed by atoms with Crippen LogP contribution >= 0.6 is 12.2 Å². The van der Waals surface area contributed by atoms with Gasteiger partial charge in [0.2, 0.25) is 0 Å². The van der Waals surface area contributed by atoms with Crippen LogP contribution in [0.1, 0.15) is 11.1 Å². The van der Waals surface area contributed by atoms with E-state index in [4.69, 9.17) is 12.2 Å². The third-order valence-corrected chi connectivity index (χ3v) is 3.52. The van der Waals surface area contributed by atoms with Crippen LogP contribution in [0, 0.1) is 18.6 Å². The lowest BCUT2D eigenvalue weighted by molar-refractivity contribution is 1.03. The van der Waals surface area contributed by atoms with Crippen LogP contribution in [-0.2, 0) is 0 Å². The van der Waals surface area contributed by atoms with E-state index < -0.39 is 0 Å². The largest absolute Gasteiger partial charge is 0.268 e. The highest BCUT2D eigenvalue weighted by atomic mass is 32.1. The second-order valence-electron chi connectivity index (χ2n) is 4.89. The number of aromatic nitrogens is 3. The molecule has 0 aliphatic heterocycles. The molecule has 3 aromatic rings. The highest BCUT2D eigenvalue weighted by Crippen LogP contribution is 2.22. The van der Waals surface area contributed by atoms with Gasteiger partial charge in [-0.05, 0) is 43.8 Å². The molecular formula is C16H15N3S. The molecule has 20 heavy (non-hydrogen) atoms. The number of hydrogen-bond donors (Lipinski definition) is 1. The SMILES string of the molecule is Cc1ccc(-c2n[nH]c(=S)n2-c2cccc(C)c2)cc1. The molecule has 3 rings (SSSR count). The molecule has 1 heterocycles. The van der Waals surface area contributed by atoms with E-state index in [-0.39, 0.29) is 0 Å². The smallest absolute Gasteiger partial charge is 0.200 e. The lowest BCUT2D eigenvalue weighted by Gasteiger charge is -2.08. The molecule has 100 valence electrons. The summed E-state index contributed by atoms with van der Waals surface area (Å²) in [5, 5.41) is 7.25. The number of hydrogen-bond acceptors (Lipinski definition) is 2. The van der Waals surface area contributed by atoms with Crippen molar-refractivity contribution in [1.29, 1.82) is 0 Å². The minimum Gasteiger partial charge on any atom is -0.268 e. The molecule has 0 saturated carbocycles. The van der Waals surface area contributed by atoms with Crippen LogP contribution in [0.3, 0.4) is 0 Å². The summed E-state index contributed by atoms with van der Waals surface area (Å²) in [6, 6.07) is 16.5. The van der Waals surface area contributed by atoms with E-state index in [2.05, 4.69) is 60.4 Å². The Morgan fingerprint density at radius 2 is 1.75 bits per heavy atom. The van der Waals surface area contributed by atoms with Gasteiger partial charge in [0.25, 0.3) is 0 Å². The van der Waals surface area contributed by atoms with E-state index in [1.165, 1.54) is 11.1 Å². The van der Waals surface area contributed by atoms with E-state index >= 15 is 0 Å². The van der Waals surface area contributed by atoms with E-state index in [1.807, 2.05) is 16.7 Å². The Morgan fingerprint density at radius 3 is 2.45 bits per heavy atom. The Bertz CT molecular complexity index is 797. The van der Waals surface area contributed by atoms with Gasteiger partial charge in [-0.25, -0.2) is 0 Å². The fraction of sp³-hybridized carbons (Fsp3) is 0.125. The first-order valence-electron chi connectivity index (χ1n) is 6.46. The maximum Gasteiger partial charge on any atom is 0.200 e. The molecule has 0 aliphatic carbocycles. The predicted molar refractivity (Wildman–Crippen MR) is 83.7 cm³/mol. The van der Waals surface area contributed by atoms with Gasteiger partial charge in [-0.1, -0.05) is 42.0 Å². The predicted octanol–water partition coefficient (Wildman–Crippen LogP) is 4.21. The molecule has 0 unspecified atom stereocenters. The summed E-state index contributed by atoms with van der Waals surface area (Å²) in [5.74, 6) is 0.834. The molecule has 0 bridgehead atoms. The molecule has 0 aliphatic rings. The molecule has 3 nitrogen and oxygen atoms in total. The molecule has 0 spiro atoms. The van der Waals surface area contributed by atoms with Crippen molar-refractivity contribution in [2.24, 2.45) is 0 Å². The monoisotopic (exact) mass is 281 g/mol. The first-order valence-corrected chi connectivity index (χ1v) is 6.87. The molecule has 0 amide bonds. The molecule has 0 saturated heterocycles. The van der Waals surface area contributed by atoms with Gasteiger partial charge in [-0.15, -0.1) is 0 Å². The van der Waals surface area contributed by atoms with Crippen LogP contribution in [-0.4, -0.2) is 14.8 Å². The summed E-state index contributed by atoms with van der Waals surface area (Å²) in [4.78, 5) is 0. The maximum atomic E-state index is 5.37. The number of nitrogens with one attached hydrogen (secondary N) is 1. The fourth-order valence-electron chi connectivity index (χ4n) is 2.20. The van der Waals surface area contributed by atoms with E-state index in [1.54, 1.807) is 0 Å². The summed E-state index contributed by atoms with van der Waals surface area (Å²) >= 11 is 5.37. The Morgan fingerprint density at radius 1 is 1.00 bits per heavy atom. The van der Waals surface area contributed by atoms with Gasteiger partial charge in [-0.3, -0.25) is 9.67 Å². The van der Waals surface area contributed by atoms with E-state index in [0.29, 0.717) is 4.77 Å². The first-order chi connectivity index (χ1) is 9.65. The molecule has 0 radical (unpaired) electrons. The van der Waals surface area contributed by atoms with Crippen LogP contribution in [0.4, 0.5) is 0 Å². The minimum absolute atomic E-state index is 0.603. The zero-order chi connectivity index (χ0) is 14.1. The van der Waals surface area contributed by atoms with Gasteiger partial charge in [0, 0.05) is 5.56 Å². The summed E-state index contributed by atoms with van der Waals surface area (Å²) in [5.41, 5.74) is 4.49. The quantitative estimate of drug-likeness (QED) is 0.714. The highest BCUT2D eigenvalue weighted by Gasteiger charge is 2.10. The van der Waals surface area contributed by atoms with Crippen molar-refractivity contribution in [2.45, 2.75) is 13.8 Å². The number of H-pyrrole nitrogens is 1. The van der Waals surface area contributed by atoms with Crippen molar-refractivity contribution in [1.82, 2.24) is 14.8 Å². The number of aromatic amines is 1. The minimum atomic E-state index is 0.603. The third-order valence-electron chi connectivity index (χ3n) is 3.24. The molecule has 0 fully saturated rings. The van der Waals surface area contributed by atoms with Gasteiger partial charge in [0.05, 0.1) is 5.69 Å². The molecule has 1 aromatic heterocycles. The molecule has 4 heteroatoms. The van der Waals surface area contributed by atoms with Crippen molar-refractivity contribution in [2.75, 3.05) is 0 Å². The van der Waals surface area contributed by atoms with Crippen molar-refractivity contribution in [3.8, 4) is 17.1 Å². The second kappa shape index (κ2) is 5.06. The normalized spacial score (nSPS) is 10.7. The van der Waals surface area contributed by atoms with E-state index in [0.717, 1.165) is 17.1 Å². The van der Waals surface area contributed by atoms with Gasteiger partial charge in [0.15, 0.2) is 10.6 Å². The Hall–Kier alpha value is -2.20. The average molecular weight is 281 g/mol. The molecule has 0 atom stereocenters. The van der Waals surface area contributed by atoms with E-state index in [9.17, 15) is 0 Å². The van der Waals surface area contributed by atoms with Crippen molar-refractivity contribution in [3.63, 3.8) is 0 Å². The van der Waals surface area contributed by atoms with Crippen molar-refractivity contribution < 1.29 is 0 Å². The molecular weight excluding hydrogens is 266 g/mol. The van der Waals surface area contributed by atoms with Gasteiger partial charge in [-0.2, -0.15) is 5.10 Å². The standard InChI is InChI=1S/C16H15N3S/c1-11-6-8-13(9-7-11)15-17-18-16(20)19(15)14-5-3-4-12(2)10-14/h3-10H,1-2H3,(H,18,20). The molecule has 1 N–H and O–H groups in total. The Balaban J connectivity index is 2.20. The Labute approximate surface area is 122 Å². The average Bonchev–Trinajstić information content (AvgIpc) is 2.81. The summed E-state index contributed by atoms with van der Waals surface area (Å²) in [7, 11) is 0. The van der Waals surface area contributed by atoms with Gasteiger partial charge < -0.3 is 0 Å². The first kappa shape index (κ1) is 12.8. The van der Waals surface area contributed by atoms with Crippen LogP contribution in [0.2, 0.25) is 0 Å². The summed E-state index contributed by atoms with van der Waals surface area (Å²) < 4.78 is 2.57. The lowest BCUT2D eigenvalue weighted by atomic mass is 10.1. The fourth-order valence-corrected chi connectivity index (χ4v) is 2.44. The zero-order valence-electron chi connectivity index (χ0n) is 11.4. The number of nitrogens with zero attached hydrogens (tertiary/aromatic N) is 2. The summed E-state index contributed by atoms with van der Waals surface area (Å²) in [6.07, 6.45) is 0. The van der Waals surface area contributed by atoms with Crippen LogP contribution < -0.4 is 0 Å². The number of benzene rings is 2. The topological polar surface area (TPSA) is 33.6 Å². The third kappa shape index (κ3) is 2.30. The van der Waals surface area contributed by atoms with Gasteiger partial charge >= 0.3 is 0 Å². The lowest BCUT2D eigenvalue weighted by Crippen LogP contribution is -1.98. The van der Waals surface area contributed by atoms with Crippen molar-refractivity contribution in [3.05, 3.63) is 64.4 Å².